The summed E-state index contributed by atoms with van der Waals surface area (Å²) in [5.74, 6) is -0.276. The largest absolute Gasteiger partial charge is 0.394 e. The zero-order valence-corrected chi connectivity index (χ0v) is 58.2. The van der Waals surface area contributed by atoms with Crippen LogP contribution >= 0.6 is 0 Å². The molecule has 0 spiro atoms. The minimum absolute atomic E-state index is 0.236. The van der Waals surface area contributed by atoms with Gasteiger partial charge in [0, 0.05) is 6.42 Å². The molecule has 0 radical (unpaired) electrons. The summed E-state index contributed by atoms with van der Waals surface area (Å²) >= 11 is 0. The van der Waals surface area contributed by atoms with Crippen LogP contribution in [0.5, 0.6) is 0 Å². The van der Waals surface area contributed by atoms with Crippen LogP contribution in [-0.2, 0) is 23.7 Å². The van der Waals surface area contributed by atoms with Crippen LogP contribution in [0.4, 0.5) is 0 Å². The van der Waals surface area contributed by atoms with Crippen molar-refractivity contribution in [3.8, 4) is 0 Å². The first kappa shape index (κ1) is 85.5. The first-order valence-corrected chi connectivity index (χ1v) is 37.3. The van der Waals surface area contributed by atoms with Crippen molar-refractivity contribution < 1.29 is 64.6 Å². The lowest BCUT2D eigenvalue weighted by Crippen LogP contribution is -2.65. The molecule has 0 aromatic rings. The molecule has 2 aliphatic rings. The quantitative estimate of drug-likeness (QED) is 0.0204. The lowest BCUT2D eigenvalue weighted by molar-refractivity contribution is -0.359. The molecule has 2 heterocycles. The average Bonchev–Trinajstić information content (AvgIpc) is 0.854. The highest BCUT2D eigenvalue weighted by Gasteiger charge is 2.51. The molecular formula is C79H135NO13. The molecule has 0 aromatic heterocycles. The summed E-state index contributed by atoms with van der Waals surface area (Å²) in [5.41, 5.74) is 0. The van der Waals surface area contributed by atoms with Crippen molar-refractivity contribution in [3.05, 3.63) is 122 Å². The lowest BCUT2D eigenvalue weighted by Gasteiger charge is -2.46. The van der Waals surface area contributed by atoms with Gasteiger partial charge < -0.3 is 65.1 Å². The molecule has 93 heavy (non-hydrogen) atoms. The Balaban J connectivity index is 1.70. The van der Waals surface area contributed by atoms with Gasteiger partial charge in [-0.05, 0) is 96.3 Å². The summed E-state index contributed by atoms with van der Waals surface area (Å²) in [6.45, 7) is 2.67. The van der Waals surface area contributed by atoms with E-state index in [-0.39, 0.29) is 18.9 Å². The molecule has 14 nitrogen and oxygen atoms in total. The fourth-order valence-corrected chi connectivity index (χ4v) is 11.5. The summed E-state index contributed by atoms with van der Waals surface area (Å²) in [6, 6.07) is -0.957. The second-order valence-electron chi connectivity index (χ2n) is 25.7. The van der Waals surface area contributed by atoms with Crippen molar-refractivity contribution in [2.24, 2.45) is 0 Å². The van der Waals surface area contributed by atoms with E-state index in [1.54, 1.807) is 6.08 Å². The Hall–Kier alpha value is -3.61. The zero-order valence-electron chi connectivity index (χ0n) is 58.2. The topological polar surface area (TPSA) is 228 Å². The van der Waals surface area contributed by atoms with E-state index in [1.165, 1.54) is 154 Å². The number of hydrogen-bond acceptors (Lipinski definition) is 13. The predicted molar refractivity (Wildman–Crippen MR) is 382 cm³/mol. The number of unbranched alkanes of at least 4 members (excludes halogenated alkanes) is 29. The van der Waals surface area contributed by atoms with Gasteiger partial charge in [0.1, 0.15) is 48.8 Å². The van der Waals surface area contributed by atoms with Gasteiger partial charge in [-0.3, -0.25) is 4.79 Å². The molecule has 0 aromatic carbocycles. The molecule has 1 amide bonds. The summed E-state index contributed by atoms with van der Waals surface area (Å²) in [7, 11) is 0. The van der Waals surface area contributed by atoms with Crippen LogP contribution in [0.1, 0.15) is 277 Å². The highest BCUT2D eigenvalue weighted by Crippen LogP contribution is 2.30. The second kappa shape index (κ2) is 61.9. The van der Waals surface area contributed by atoms with Crippen LogP contribution in [0.25, 0.3) is 0 Å². The van der Waals surface area contributed by atoms with E-state index < -0.39 is 86.8 Å². The Kier molecular flexibility index (Phi) is 56.9. The van der Waals surface area contributed by atoms with Gasteiger partial charge in [-0.25, -0.2) is 0 Å². The van der Waals surface area contributed by atoms with E-state index >= 15 is 0 Å². The van der Waals surface area contributed by atoms with Gasteiger partial charge in [0.05, 0.1) is 32.0 Å². The van der Waals surface area contributed by atoms with Crippen molar-refractivity contribution >= 4 is 5.91 Å². The van der Waals surface area contributed by atoms with Crippen molar-refractivity contribution in [2.45, 2.75) is 351 Å². The van der Waals surface area contributed by atoms with Crippen molar-refractivity contribution in [3.63, 3.8) is 0 Å². The standard InChI is InChI=1S/C79H135NO13/c1-3-5-7-9-11-13-15-17-19-21-23-25-27-29-31-33-35-36-38-40-42-44-46-48-50-52-54-56-58-60-62-68(83)67(66-90-78-76(89)74(87)77(70(65-82)92-78)93-79-75(88)73(86)72(85)69(64-81)91-79)80-71(84)63-61-59-57-55-53-51-49-47-45-43-41-39-37-34-32-30-28-26-24-22-20-18-16-14-12-10-8-6-4-2/h6,8,12,14,18,20,24,26,30,32,37,39,43,45,49,51-52,54,60,62,67-70,72-79,81-83,85-89H,3-5,7,9-11,13,15-17,19,21-23,25,27-29,31,33-36,38,40-42,44,46-48,50,53,55-59,61,63-66H2,1-2H3,(H,80,84)/b8-6-,14-12-,20-18-,26-24-,32-30-,39-37-,45-43-,51-49-,54-52+,62-60+. The Morgan fingerprint density at radius 2 is 0.753 bits per heavy atom. The number of carbonyl (C=O) groups is 1. The van der Waals surface area contributed by atoms with Gasteiger partial charge in [-0.1, -0.05) is 296 Å². The van der Waals surface area contributed by atoms with E-state index in [0.717, 1.165) is 89.9 Å². The Labute approximate surface area is 565 Å². The maximum Gasteiger partial charge on any atom is 0.220 e. The molecule has 9 N–H and O–H groups in total. The summed E-state index contributed by atoms with van der Waals surface area (Å²) in [6.07, 6.45) is 74.0. The number of ether oxygens (including phenoxy) is 4. The molecule has 2 saturated heterocycles. The number of rotatable bonds is 60. The second-order valence-corrected chi connectivity index (χ2v) is 25.7. The molecule has 0 saturated carbocycles. The van der Waals surface area contributed by atoms with Crippen LogP contribution < -0.4 is 5.32 Å². The van der Waals surface area contributed by atoms with E-state index in [1.807, 2.05) is 6.08 Å². The molecule has 12 unspecified atom stereocenters. The number of hydrogen-bond donors (Lipinski definition) is 9. The lowest BCUT2D eigenvalue weighted by atomic mass is 9.97. The maximum absolute atomic E-state index is 13.3. The molecular weight excluding hydrogens is 1170 g/mol. The van der Waals surface area contributed by atoms with Gasteiger partial charge in [0.2, 0.25) is 5.91 Å². The monoisotopic (exact) mass is 1310 g/mol. The van der Waals surface area contributed by atoms with Crippen LogP contribution in [0.15, 0.2) is 122 Å². The van der Waals surface area contributed by atoms with Crippen LogP contribution in [0.3, 0.4) is 0 Å². The normalized spacial score (nSPS) is 23.3. The number of amides is 1. The molecule has 0 bridgehead atoms. The molecule has 2 fully saturated rings. The molecule has 12 atom stereocenters. The highest BCUT2D eigenvalue weighted by atomic mass is 16.7. The fourth-order valence-electron chi connectivity index (χ4n) is 11.5. The van der Waals surface area contributed by atoms with Gasteiger partial charge in [-0.2, -0.15) is 0 Å². The average molecular weight is 1310 g/mol. The predicted octanol–water partition coefficient (Wildman–Crippen LogP) is 16.1. The minimum Gasteiger partial charge on any atom is -0.394 e. The maximum atomic E-state index is 13.3. The summed E-state index contributed by atoms with van der Waals surface area (Å²) in [5, 5.41) is 87.5. The summed E-state index contributed by atoms with van der Waals surface area (Å²) in [4.78, 5) is 13.3. The zero-order chi connectivity index (χ0) is 67.3. The summed E-state index contributed by atoms with van der Waals surface area (Å²) < 4.78 is 22.8. The third kappa shape index (κ3) is 45.5. The highest BCUT2D eigenvalue weighted by molar-refractivity contribution is 5.76. The Bertz CT molecular complexity index is 2030. The van der Waals surface area contributed by atoms with Gasteiger partial charge in [0.25, 0.3) is 0 Å². The van der Waals surface area contributed by atoms with E-state index in [0.29, 0.717) is 12.8 Å². The molecule has 2 aliphatic heterocycles. The fraction of sp³-hybridized carbons (Fsp3) is 0.734. The molecule has 534 valence electrons. The van der Waals surface area contributed by atoms with E-state index in [2.05, 4.69) is 129 Å². The van der Waals surface area contributed by atoms with Gasteiger partial charge >= 0.3 is 0 Å². The number of nitrogens with one attached hydrogen (secondary N) is 1. The van der Waals surface area contributed by atoms with E-state index in [4.69, 9.17) is 18.9 Å². The first-order chi connectivity index (χ1) is 45.6. The third-order valence-electron chi connectivity index (χ3n) is 17.4. The molecule has 14 heteroatoms. The Morgan fingerprint density at radius 3 is 1.18 bits per heavy atom. The first-order valence-electron chi connectivity index (χ1n) is 37.3. The smallest absolute Gasteiger partial charge is 0.220 e. The van der Waals surface area contributed by atoms with Crippen molar-refractivity contribution in [1.29, 1.82) is 0 Å². The number of aliphatic hydroxyl groups excluding tert-OH is 8. The SMILES string of the molecule is CC/C=C\C/C=C\C/C=C\C/C=C\C/C=C\C/C=C\C/C=C\C/C=C\CCCCCCC(=O)NC(COC1OC(CO)C(OC2OC(CO)C(O)C(O)C2O)C(O)C1O)C(O)/C=C/CC/C=C/CCCCCCCCCCCCCCCCCCCCCCCCCC. The molecule has 0 aliphatic carbocycles. The van der Waals surface area contributed by atoms with Gasteiger partial charge in [-0.15, -0.1) is 0 Å². The number of allylic oxidation sites excluding steroid dienone is 19. The molecule has 2 rings (SSSR count). The Morgan fingerprint density at radius 1 is 0.398 bits per heavy atom. The van der Waals surface area contributed by atoms with Crippen molar-refractivity contribution in [2.75, 3.05) is 19.8 Å². The van der Waals surface area contributed by atoms with Crippen LogP contribution in [0.2, 0.25) is 0 Å². The minimum atomic E-state index is -1.80. The van der Waals surface area contributed by atoms with E-state index in [9.17, 15) is 45.6 Å². The number of carbonyl (C=O) groups excluding carboxylic acids is 1. The van der Waals surface area contributed by atoms with Crippen LogP contribution in [-0.4, -0.2) is 140 Å². The van der Waals surface area contributed by atoms with Crippen molar-refractivity contribution in [1.82, 2.24) is 5.32 Å². The third-order valence-corrected chi connectivity index (χ3v) is 17.4. The van der Waals surface area contributed by atoms with Gasteiger partial charge in [0.15, 0.2) is 12.6 Å². The van der Waals surface area contributed by atoms with Crippen LogP contribution in [0, 0.1) is 0 Å². The number of aliphatic hydroxyl groups is 8.